The highest BCUT2D eigenvalue weighted by atomic mass is 31.2. The van der Waals surface area contributed by atoms with Crippen molar-refractivity contribution in [2.45, 2.75) is 5.02 Å². The third-order valence-corrected chi connectivity index (χ3v) is 6.37. The third kappa shape index (κ3) is 2.08. The fourth-order valence-corrected chi connectivity index (χ4v) is 3.78. The van der Waals surface area contributed by atoms with E-state index in [1.165, 1.54) is 0 Å². The molecule has 14 heavy (non-hydrogen) atoms. The summed E-state index contributed by atoms with van der Waals surface area (Å²) >= 11 is 0. The van der Waals surface area contributed by atoms with Crippen molar-refractivity contribution >= 4 is 15.2 Å². The first kappa shape index (κ1) is 14.2. The molecule has 0 aromatic rings. The van der Waals surface area contributed by atoms with E-state index in [0.29, 0.717) is 4.90 Å². The minimum Gasteiger partial charge on any atom is -0.393 e. The van der Waals surface area contributed by atoms with E-state index in [1.54, 1.807) is 0 Å². The van der Waals surface area contributed by atoms with Crippen LogP contribution >= 0.6 is 15.2 Å². The van der Waals surface area contributed by atoms with Crippen molar-refractivity contribution in [3.05, 3.63) is 0 Å². The maximum absolute atomic E-state index is 11.0. The van der Waals surface area contributed by atoms with Gasteiger partial charge in [-0.3, -0.25) is 14.0 Å². The molecule has 0 saturated heterocycles. The van der Waals surface area contributed by atoms with Crippen LogP contribution in [0.3, 0.4) is 0 Å². The van der Waals surface area contributed by atoms with Crippen LogP contribution in [0.15, 0.2) is 0 Å². The fraction of sp³-hybridized carbons (Fsp3) is 1.00. The second-order valence-electron chi connectivity index (χ2n) is 2.91. The van der Waals surface area contributed by atoms with Gasteiger partial charge in [-0.25, -0.2) is 0 Å². The molecule has 0 rings (SSSR count). The molecule has 86 valence electrons. The Morgan fingerprint density at radius 2 is 1.36 bits per heavy atom. The van der Waals surface area contributed by atoms with Gasteiger partial charge in [0.25, 0.3) is 0 Å². The summed E-state index contributed by atoms with van der Waals surface area (Å²) in [6.07, 6.45) is 0. The summed E-state index contributed by atoms with van der Waals surface area (Å²) in [7, 11) is -8.22. The average Bonchev–Trinajstić information content (AvgIpc) is 1.80. The highest BCUT2D eigenvalue weighted by Gasteiger charge is 2.62. The molecule has 0 aromatic heterocycles. The van der Waals surface area contributed by atoms with Gasteiger partial charge in [-0.05, 0) is 14.1 Å². The second-order valence-corrected chi connectivity index (χ2v) is 6.92. The van der Waals surface area contributed by atoms with Crippen LogP contribution in [0.4, 0.5) is 0 Å². The lowest BCUT2D eigenvalue weighted by molar-refractivity contribution is 0.138. The summed E-state index contributed by atoms with van der Waals surface area (Å²) in [5.74, 6) is 0. The van der Waals surface area contributed by atoms with E-state index in [4.69, 9.17) is 24.7 Å². The van der Waals surface area contributed by atoms with Crippen molar-refractivity contribution < 1.29 is 33.8 Å². The number of aliphatic hydroxyl groups is 1. The van der Waals surface area contributed by atoms with Crippen LogP contribution in [-0.4, -0.2) is 55.3 Å². The van der Waals surface area contributed by atoms with Crippen LogP contribution in [0.2, 0.25) is 0 Å². The molecule has 0 aromatic carbocycles. The molecule has 0 aliphatic carbocycles. The molecule has 0 atom stereocenters. The molecule has 0 aliphatic heterocycles. The van der Waals surface area contributed by atoms with Crippen LogP contribution in [0.1, 0.15) is 0 Å². The normalized spacial score (nSPS) is 14.9. The molecular formula is C4H13NO7P2. The number of aliphatic hydroxyl groups excluding tert-OH is 1. The third-order valence-electron chi connectivity index (χ3n) is 1.86. The van der Waals surface area contributed by atoms with E-state index >= 15 is 0 Å². The smallest absolute Gasteiger partial charge is 0.360 e. The van der Waals surface area contributed by atoms with Crippen LogP contribution < -0.4 is 0 Å². The van der Waals surface area contributed by atoms with Gasteiger partial charge in [0.1, 0.15) is 0 Å². The number of nitrogens with zero attached hydrogens (tertiary/aromatic N) is 1. The van der Waals surface area contributed by atoms with Crippen molar-refractivity contribution in [2.75, 3.05) is 20.7 Å². The highest BCUT2D eigenvalue weighted by molar-refractivity contribution is 7.72. The summed E-state index contributed by atoms with van der Waals surface area (Å²) in [5, 5.41) is 5.93. The Bertz CT molecular complexity index is 268. The van der Waals surface area contributed by atoms with Crippen LogP contribution in [-0.2, 0) is 9.13 Å². The van der Waals surface area contributed by atoms with Gasteiger partial charge in [-0.2, -0.15) is 0 Å². The van der Waals surface area contributed by atoms with Crippen LogP contribution in [0.25, 0.3) is 0 Å². The zero-order chi connectivity index (χ0) is 11.8. The molecule has 5 N–H and O–H groups in total. The van der Waals surface area contributed by atoms with Crippen LogP contribution in [0, 0.1) is 0 Å². The predicted octanol–water partition coefficient (Wildman–Crippen LogP) is -1.45. The summed E-state index contributed by atoms with van der Waals surface area (Å²) in [4.78, 5) is 36.0. The van der Waals surface area contributed by atoms with Gasteiger partial charge in [-0.1, -0.05) is 0 Å². The van der Waals surface area contributed by atoms with Gasteiger partial charge in [0, 0.05) is 0 Å². The van der Waals surface area contributed by atoms with E-state index in [1.807, 2.05) is 0 Å². The molecule has 0 unspecified atom stereocenters. The predicted molar refractivity (Wildman–Crippen MR) is 47.6 cm³/mol. The zero-order valence-corrected chi connectivity index (χ0v) is 9.39. The van der Waals surface area contributed by atoms with Gasteiger partial charge in [-0.15, -0.1) is 0 Å². The molecule has 0 fully saturated rings. The van der Waals surface area contributed by atoms with E-state index in [9.17, 15) is 9.13 Å². The lowest BCUT2D eigenvalue weighted by Gasteiger charge is -2.37. The van der Waals surface area contributed by atoms with Gasteiger partial charge in [0.2, 0.25) is 5.02 Å². The fourth-order valence-electron chi connectivity index (χ4n) is 1.02. The van der Waals surface area contributed by atoms with E-state index in [0.717, 1.165) is 14.1 Å². The topological polar surface area (TPSA) is 139 Å². The Morgan fingerprint density at radius 3 is 1.36 bits per heavy atom. The summed E-state index contributed by atoms with van der Waals surface area (Å²) in [5.41, 5.74) is 0. The average molecular weight is 249 g/mol. The van der Waals surface area contributed by atoms with E-state index in [-0.39, 0.29) is 0 Å². The van der Waals surface area contributed by atoms with Gasteiger partial charge in [0.05, 0.1) is 6.61 Å². The van der Waals surface area contributed by atoms with Crippen molar-refractivity contribution in [1.82, 2.24) is 4.90 Å². The van der Waals surface area contributed by atoms with Crippen molar-refractivity contribution in [3.63, 3.8) is 0 Å². The van der Waals surface area contributed by atoms with Crippen molar-refractivity contribution in [1.29, 1.82) is 0 Å². The van der Waals surface area contributed by atoms with Crippen molar-refractivity contribution in [2.24, 2.45) is 0 Å². The van der Waals surface area contributed by atoms with Gasteiger partial charge >= 0.3 is 15.2 Å². The lowest BCUT2D eigenvalue weighted by Crippen LogP contribution is -2.46. The Balaban J connectivity index is 5.71. The maximum atomic E-state index is 11.0. The highest BCUT2D eigenvalue weighted by Crippen LogP contribution is 2.69. The Labute approximate surface area is 80.5 Å². The molecule has 10 heteroatoms. The second kappa shape index (κ2) is 4.00. The van der Waals surface area contributed by atoms with E-state index < -0.39 is 26.8 Å². The summed E-state index contributed by atoms with van der Waals surface area (Å²) in [6, 6.07) is 0. The van der Waals surface area contributed by atoms with Crippen LogP contribution in [0.5, 0.6) is 0 Å². The Hall–Kier alpha value is 0.220. The molecule has 0 spiro atoms. The molecule has 0 heterocycles. The molecule has 0 saturated carbocycles. The minimum atomic E-state index is -5.17. The molecule has 8 nitrogen and oxygen atoms in total. The van der Waals surface area contributed by atoms with Gasteiger partial charge in [0.15, 0.2) is 0 Å². The molecular weight excluding hydrogens is 236 g/mol. The first-order valence-corrected chi connectivity index (χ1v) is 6.62. The maximum Gasteiger partial charge on any atom is 0.360 e. The zero-order valence-electron chi connectivity index (χ0n) is 7.60. The molecule has 0 aliphatic rings. The summed E-state index contributed by atoms with van der Waals surface area (Å²) in [6.45, 7) is -1.34. The summed E-state index contributed by atoms with van der Waals surface area (Å²) < 4.78 is 21.9. The monoisotopic (exact) mass is 249 g/mol. The van der Waals surface area contributed by atoms with E-state index in [2.05, 4.69) is 0 Å². The Morgan fingerprint density at radius 1 is 1.07 bits per heavy atom. The SMILES string of the molecule is CN(C)C(CO)(P(=O)(O)O)P(=O)(O)O. The lowest BCUT2D eigenvalue weighted by atomic mass is 10.6. The number of likely N-dealkylation sites (N-methyl/N-ethyl adjacent to an activating group) is 1. The number of hydrogen-bond donors (Lipinski definition) is 5. The molecule has 0 amide bonds. The molecule has 0 radical (unpaired) electrons. The first-order chi connectivity index (χ1) is 6.00. The minimum absolute atomic E-state index is 0.633. The number of rotatable bonds is 4. The standard InChI is InChI=1S/C4H13NO7P2/c1-5(2)4(3-6,13(7,8)9)14(10,11)12/h6H,3H2,1-2H3,(H2,7,8,9)(H2,10,11,12). The first-order valence-electron chi connectivity index (χ1n) is 3.40. The Kier molecular flexibility index (Phi) is 4.06. The largest absolute Gasteiger partial charge is 0.393 e. The quantitative estimate of drug-likeness (QED) is 0.381. The number of hydrogen-bond acceptors (Lipinski definition) is 4. The molecule has 0 bridgehead atoms. The van der Waals surface area contributed by atoms with Gasteiger partial charge < -0.3 is 24.7 Å². The van der Waals surface area contributed by atoms with Crippen molar-refractivity contribution in [3.8, 4) is 0 Å².